The van der Waals surface area contributed by atoms with Gasteiger partial charge in [-0.25, -0.2) is 0 Å². The second-order valence-electron chi connectivity index (χ2n) is 5.92. The van der Waals surface area contributed by atoms with Gasteiger partial charge in [-0.3, -0.25) is 9.59 Å². The van der Waals surface area contributed by atoms with E-state index in [1.807, 2.05) is 50.2 Å². The fourth-order valence-electron chi connectivity index (χ4n) is 2.25. The van der Waals surface area contributed by atoms with Crippen molar-refractivity contribution < 1.29 is 19.1 Å². The second kappa shape index (κ2) is 9.82. The first-order chi connectivity index (χ1) is 12.4. The van der Waals surface area contributed by atoms with Crippen LogP contribution in [0.3, 0.4) is 0 Å². The third kappa shape index (κ3) is 6.76. The number of nitrogens with one attached hydrogen (secondary N) is 1. The number of halogens is 1. The van der Waals surface area contributed by atoms with Crippen molar-refractivity contribution in [1.29, 1.82) is 0 Å². The molecule has 0 aliphatic carbocycles. The lowest BCUT2D eigenvalue weighted by molar-refractivity contribution is -0.149. The summed E-state index contributed by atoms with van der Waals surface area (Å²) in [4.78, 5) is 23.6. The Morgan fingerprint density at radius 2 is 1.88 bits per heavy atom. The lowest BCUT2D eigenvalue weighted by Gasteiger charge is -2.14. The summed E-state index contributed by atoms with van der Waals surface area (Å²) < 4.78 is 10.4. The minimum Gasteiger partial charge on any atom is -0.493 e. The van der Waals surface area contributed by atoms with Crippen LogP contribution < -0.4 is 10.1 Å². The monoisotopic (exact) mass is 375 g/mol. The summed E-state index contributed by atoms with van der Waals surface area (Å²) in [5, 5.41) is 3.36. The number of esters is 1. The molecule has 0 aromatic heterocycles. The van der Waals surface area contributed by atoms with Crippen LogP contribution >= 0.6 is 11.6 Å². The molecule has 2 rings (SSSR count). The molecule has 0 saturated heterocycles. The SMILES string of the molecule is Cc1ccc(OCCC(=O)OCC(=O)N[C@@H](C)c2cccc(Cl)c2)cc1. The first-order valence-electron chi connectivity index (χ1n) is 8.34. The van der Waals surface area contributed by atoms with Gasteiger partial charge in [0, 0.05) is 5.02 Å². The number of hydrogen-bond donors (Lipinski definition) is 1. The van der Waals surface area contributed by atoms with Gasteiger partial charge in [-0.2, -0.15) is 0 Å². The van der Waals surface area contributed by atoms with Crippen molar-refractivity contribution in [2.45, 2.75) is 26.3 Å². The molecule has 0 spiro atoms. The van der Waals surface area contributed by atoms with Crippen LogP contribution in [0, 0.1) is 6.92 Å². The van der Waals surface area contributed by atoms with Crippen LogP contribution in [0.15, 0.2) is 48.5 Å². The fourth-order valence-corrected chi connectivity index (χ4v) is 2.45. The molecule has 0 bridgehead atoms. The Labute approximate surface area is 158 Å². The van der Waals surface area contributed by atoms with E-state index < -0.39 is 5.97 Å². The molecule has 5 nitrogen and oxygen atoms in total. The molecule has 0 aliphatic heterocycles. The molecule has 138 valence electrons. The summed E-state index contributed by atoms with van der Waals surface area (Å²) in [6.07, 6.45) is 0.0744. The minimum atomic E-state index is -0.484. The molecule has 1 amide bonds. The van der Waals surface area contributed by atoms with Crippen molar-refractivity contribution in [3.63, 3.8) is 0 Å². The summed E-state index contributed by atoms with van der Waals surface area (Å²) in [5.41, 5.74) is 2.01. The maximum absolute atomic E-state index is 11.9. The highest BCUT2D eigenvalue weighted by Gasteiger charge is 2.12. The van der Waals surface area contributed by atoms with Gasteiger partial charge in [-0.15, -0.1) is 0 Å². The van der Waals surface area contributed by atoms with Gasteiger partial charge in [-0.05, 0) is 43.7 Å². The third-order valence-electron chi connectivity index (χ3n) is 3.69. The van der Waals surface area contributed by atoms with Crippen LogP contribution in [0.4, 0.5) is 0 Å². The Morgan fingerprint density at radius 1 is 1.15 bits per heavy atom. The molecular formula is C20H22ClNO4. The number of carbonyl (C=O) groups excluding carboxylic acids is 2. The Kier molecular flexibility index (Phi) is 7.48. The average Bonchev–Trinajstić information content (AvgIpc) is 2.61. The van der Waals surface area contributed by atoms with E-state index in [1.54, 1.807) is 12.1 Å². The third-order valence-corrected chi connectivity index (χ3v) is 3.92. The number of hydrogen-bond acceptors (Lipinski definition) is 4. The molecule has 26 heavy (non-hydrogen) atoms. The minimum absolute atomic E-state index is 0.0744. The highest BCUT2D eigenvalue weighted by molar-refractivity contribution is 6.30. The average molecular weight is 376 g/mol. The van der Waals surface area contributed by atoms with Crippen LogP contribution in [0.1, 0.15) is 30.5 Å². The normalized spacial score (nSPS) is 11.5. The van der Waals surface area contributed by atoms with Crippen LogP contribution in [-0.4, -0.2) is 25.1 Å². The Balaban J connectivity index is 1.66. The molecule has 0 saturated carbocycles. The zero-order valence-corrected chi connectivity index (χ0v) is 15.6. The molecule has 2 aromatic carbocycles. The van der Waals surface area contributed by atoms with E-state index in [4.69, 9.17) is 21.1 Å². The summed E-state index contributed by atoms with van der Waals surface area (Å²) in [7, 11) is 0. The van der Waals surface area contributed by atoms with E-state index in [2.05, 4.69) is 5.32 Å². The van der Waals surface area contributed by atoms with Crippen LogP contribution in [0.2, 0.25) is 5.02 Å². The number of benzene rings is 2. The molecule has 2 aromatic rings. The standard InChI is InChI=1S/C20H22ClNO4/c1-14-6-8-18(9-7-14)25-11-10-20(24)26-13-19(23)22-15(2)16-4-3-5-17(21)12-16/h3-9,12,15H,10-11,13H2,1-2H3,(H,22,23)/t15-/m0/s1. The lowest BCUT2D eigenvalue weighted by atomic mass is 10.1. The highest BCUT2D eigenvalue weighted by atomic mass is 35.5. The van der Waals surface area contributed by atoms with E-state index in [0.29, 0.717) is 10.8 Å². The first kappa shape index (κ1) is 19.8. The molecule has 0 fully saturated rings. The molecular weight excluding hydrogens is 354 g/mol. The molecule has 6 heteroatoms. The van der Waals surface area contributed by atoms with Gasteiger partial charge < -0.3 is 14.8 Å². The van der Waals surface area contributed by atoms with Crippen molar-refractivity contribution >= 4 is 23.5 Å². The summed E-state index contributed by atoms with van der Waals surface area (Å²) in [5.74, 6) is -0.163. The number of ether oxygens (including phenoxy) is 2. The fraction of sp³-hybridized carbons (Fsp3) is 0.300. The van der Waals surface area contributed by atoms with E-state index in [9.17, 15) is 9.59 Å². The van der Waals surface area contributed by atoms with E-state index >= 15 is 0 Å². The van der Waals surface area contributed by atoms with Gasteiger partial charge in [0.15, 0.2) is 6.61 Å². The molecule has 1 N–H and O–H groups in total. The van der Waals surface area contributed by atoms with Gasteiger partial charge in [-0.1, -0.05) is 41.4 Å². The Hall–Kier alpha value is -2.53. The van der Waals surface area contributed by atoms with Crippen LogP contribution in [0.5, 0.6) is 5.75 Å². The molecule has 1 atom stereocenters. The van der Waals surface area contributed by atoms with Crippen molar-refractivity contribution in [3.05, 3.63) is 64.7 Å². The lowest BCUT2D eigenvalue weighted by Crippen LogP contribution is -2.31. The van der Waals surface area contributed by atoms with Crippen molar-refractivity contribution in [2.75, 3.05) is 13.2 Å². The number of amides is 1. The van der Waals surface area contributed by atoms with Gasteiger partial charge in [0.1, 0.15) is 5.75 Å². The molecule has 0 unspecified atom stereocenters. The Bertz CT molecular complexity index is 746. The number of aryl methyl sites for hydroxylation is 1. The first-order valence-corrected chi connectivity index (χ1v) is 8.72. The van der Waals surface area contributed by atoms with Crippen molar-refractivity contribution in [1.82, 2.24) is 5.32 Å². The Morgan fingerprint density at radius 3 is 2.58 bits per heavy atom. The summed E-state index contributed by atoms with van der Waals surface area (Å²) in [6.45, 7) is 3.69. The van der Waals surface area contributed by atoms with Gasteiger partial charge in [0.05, 0.1) is 19.1 Å². The van der Waals surface area contributed by atoms with E-state index in [0.717, 1.165) is 11.1 Å². The molecule has 0 aliphatic rings. The maximum atomic E-state index is 11.9. The second-order valence-corrected chi connectivity index (χ2v) is 6.35. The smallest absolute Gasteiger partial charge is 0.309 e. The van der Waals surface area contributed by atoms with Crippen LogP contribution in [-0.2, 0) is 14.3 Å². The molecule has 0 heterocycles. The predicted octanol–water partition coefficient (Wildman–Crippen LogP) is 3.84. The number of carbonyl (C=O) groups is 2. The zero-order valence-electron chi connectivity index (χ0n) is 14.8. The van der Waals surface area contributed by atoms with Gasteiger partial charge in [0.25, 0.3) is 5.91 Å². The van der Waals surface area contributed by atoms with Gasteiger partial charge in [0.2, 0.25) is 0 Å². The van der Waals surface area contributed by atoms with Gasteiger partial charge >= 0.3 is 5.97 Å². The van der Waals surface area contributed by atoms with Crippen molar-refractivity contribution in [2.24, 2.45) is 0 Å². The topological polar surface area (TPSA) is 64.6 Å². The maximum Gasteiger partial charge on any atom is 0.309 e. The predicted molar refractivity (Wildman–Crippen MR) is 100 cm³/mol. The quantitative estimate of drug-likeness (QED) is 0.712. The van der Waals surface area contributed by atoms with Crippen molar-refractivity contribution in [3.8, 4) is 5.75 Å². The summed E-state index contributed by atoms with van der Waals surface area (Å²) >= 11 is 5.93. The molecule has 0 radical (unpaired) electrons. The highest BCUT2D eigenvalue weighted by Crippen LogP contribution is 2.17. The number of rotatable bonds is 8. The zero-order chi connectivity index (χ0) is 18.9. The van der Waals surface area contributed by atoms with E-state index in [1.165, 1.54) is 0 Å². The largest absolute Gasteiger partial charge is 0.493 e. The summed E-state index contributed by atoms with van der Waals surface area (Å²) in [6, 6.07) is 14.5. The van der Waals surface area contributed by atoms with E-state index in [-0.39, 0.29) is 31.6 Å². The van der Waals surface area contributed by atoms with Crippen LogP contribution in [0.25, 0.3) is 0 Å².